The minimum atomic E-state index is 0.474. The lowest BCUT2D eigenvalue weighted by molar-refractivity contribution is 0.529. The zero-order chi connectivity index (χ0) is 8.55. The van der Waals surface area contributed by atoms with E-state index >= 15 is 0 Å². The Kier molecular flexibility index (Phi) is 1.85. The first-order valence-corrected chi connectivity index (χ1v) is 4.47. The van der Waals surface area contributed by atoms with Crippen LogP contribution in [-0.4, -0.2) is 11.5 Å². The lowest BCUT2D eigenvalue weighted by Gasteiger charge is -2.24. The Labute approximate surface area is 73.0 Å². The number of nitrogens with one attached hydrogen (secondary N) is 1. The number of rotatable bonds is 0. The SMILES string of the molecule is Cc1ccnc2c1C(C)NCC2. The highest BCUT2D eigenvalue weighted by molar-refractivity contribution is 5.33. The Balaban J connectivity index is 2.53. The van der Waals surface area contributed by atoms with Crippen LogP contribution in [0.2, 0.25) is 0 Å². The van der Waals surface area contributed by atoms with E-state index in [0.717, 1.165) is 13.0 Å². The molecule has 1 aliphatic heterocycles. The first-order valence-electron chi connectivity index (χ1n) is 4.47. The average Bonchev–Trinajstić information content (AvgIpc) is 2.04. The smallest absolute Gasteiger partial charge is 0.0466 e. The van der Waals surface area contributed by atoms with Crippen LogP contribution in [0.5, 0.6) is 0 Å². The van der Waals surface area contributed by atoms with Gasteiger partial charge in [-0.25, -0.2) is 0 Å². The van der Waals surface area contributed by atoms with Gasteiger partial charge >= 0.3 is 0 Å². The van der Waals surface area contributed by atoms with Gasteiger partial charge in [0.1, 0.15) is 0 Å². The van der Waals surface area contributed by atoms with Crippen molar-refractivity contribution in [1.82, 2.24) is 10.3 Å². The van der Waals surface area contributed by atoms with E-state index in [2.05, 4.69) is 30.2 Å². The van der Waals surface area contributed by atoms with Gasteiger partial charge in [0, 0.05) is 30.9 Å². The number of nitrogens with zero attached hydrogens (tertiary/aromatic N) is 1. The summed E-state index contributed by atoms with van der Waals surface area (Å²) in [6.45, 7) is 5.42. The number of hydrogen-bond acceptors (Lipinski definition) is 2. The molecule has 0 saturated heterocycles. The summed E-state index contributed by atoms with van der Waals surface area (Å²) >= 11 is 0. The van der Waals surface area contributed by atoms with E-state index in [0.29, 0.717) is 6.04 Å². The fourth-order valence-corrected chi connectivity index (χ4v) is 1.93. The van der Waals surface area contributed by atoms with Crippen LogP contribution in [-0.2, 0) is 6.42 Å². The molecule has 2 nitrogen and oxygen atoms in total. The van der Waals surface area contributed by atoms with Crippen molar-refractivity contribution in [2.24, 2.45) is 0 Å². The maximum absolute atomic E-state index is 4.39. The predicted octanol–water partition coefficient (Wildman–Crippen LogP) is 1.60. The number of hydrogen-bond donors (Lipinski definition) is 1. The molecule has 0 bridgehead atoms. The molecular weight excluding hydrogens is 148 g/mol. The molecule has 0 aromatic carbocycles. The highest BCUT2D eigenvalue weighted by Crippen LogP contribution is 2.23. The highest BCUT2D eigenvalue weighted by Gasteiger charge is 2.17. The molecule has 0 aliphatic carbocycles. The Morgan fingerprint density at radius 2 is 2.42 bits per heavy atom. The molecule has 2 heterocycles. The molecule has 1 N–H and O–H groups in total. The Morgan fingerprint density at radius 1 is 1.58 bits per heavy atom. The maximum Gasteiger partial charge on any atom is 0.0466 e. The lowest BCUT2D eigenvalue weighted by Crippen LogP contribution is -2.29. The first-order chi connectivity index (χ1) is 5.79. The highest BCUT2D eigenvalue weighted by atomic mass is 14.9. The van der Waals surface area contributed by atoms with Crippen LogP contribution in [0.3, 0.4) is 0 Å². The average molecular weight is 162 g/mol. The molecule has 0 amide bonds. The van der Waals surface area contributed by atoms with Crippen LogP contribution in [0.15, 0.2) is 12.3 Å². The topological polar surface area (TPSA) is 24.9 Å². The van der Waals surface area contributed by atoms with Gasteiger partial charge in [0.25, 0.3) is 0 Å². The monoisotopic (exact) mass is 162 g/mol. The van der Waals surface area contributed by atoms with Crippen molar-refractivity contribution < 1.29 is 0 Å². The molecule has 64 valence electrons. The molecule has 2 rings (SSSR count). The molecule has 0 fully saturated rings. The van der Waals surface area contributed by atoms with Crippen LogP contribution < -0.4 is 5.32 Å². The van der Waals surface area contributed by atoms with E-state index in [4.69, 9.17) is 0 Å². The largest absolute Gasteiger partial charge is 0.310 e. The molecule has 0 radical (unpaired) electrons. The summed E-state index contributed by atoms with van der Waals surface area (Å²) in [6, 6.07) is 2.56. The lowest BCUT2D eigenvalue weighted by atomic mass is 9.96. The van der Waals surface area contributed by atoms with E-state index in [-0.39, 0.29) is 0 Å². The third-order valence-corrected chi connectivity index (χ3v) is 2.54. The number of fused-ring (bicyclic) bond motifs is 1. The standard InChI is InChI=1S/C10H14N2/c1-7-3-5-12-9-4-6-11-8(2)10(7)9/h3,5,8,11H,4,6H2,1-2H3. The maximum atomic E-state index is 4.39. The summed E-state index contributed by atoms with van der Waals surface area (Å²) < 4.78 is 0. The summed E-state index contributed by atoms with van der Waals surface area (Å²) in [5.74, 6) is 0. The van der Waals surface area contributed by atoms with Crippen LogP contribution in [0.25, 0.3) is 0 Å². The van der Waals surface area contributed by atoms with Gasteiger partial charge in [0.05, 0.1) is 0 Å². The minimum Gasteiger partial charge on any atom is -0.310 e. The summed E-state index contributed by atoms with van der Waals surface area (Å²) in [7, 11) is 0. The molecule has 1 aliphatic rings. The Morgan fingerprint density at radius 3 is 3.17 bits per heavy atom. The molecule has 1 aromatic heterocycles. The van der Waals surface area contributed by atoms with E-state index in [1.807, 2.05) is 6.20 Å². The molecule has 1 atom stereocenters. The van der Waals surface area contributed by atoms with Crippen LogP contribution >= 0.6 is 0 Å². The van der Waals surface area contributed by atoms with Crippen molar-refractivity contribution >= 4 is 0 Å². The molecule has 12 heavy (non-hydrogen) atoms. The van der Waals surface area contributed by atoms with Crippen LogP contribution in [0.4, 0.5) is 0 Å². The Bertz CT molecular complexity index is 294. The van der Waals surface area contributed by atoms with E-state index in [1.54, 1.807) is 0 Å². The zero-order valence-corrected chi connectivity index (χ0v) is 7.59. The van der Waals surface area contributed by atoms with Crippen molar-refractivity contribution in [2.45, 2.75) is 26.3 Å². The van der Waals surface area contributed by atoms with Gasteiger partial charge in [0.15, 0.2) is 0 Å². The van der Waals surface area contributed by atoms with Crippen molar-refractivity contribution in [3.05, 3.63) is 29.1 Å². The van der Waals surface area contributed by atoms with Crippen LogP contribution in [0, 0.1) is 6.92 Å². The second kappa shape index (κ2) is 2.87. The van der Waals surface area contributed by atoms with Crippen molar-refractivity contribution in [2.75, 3.05) is 6.54 Å². The second-order valence-corrected chi connectivity index (χ2v) is 3.41. The first kappa shape index (κ1) is 7.74. The number of pyridine rings is 1. The van der Waals surface area contributed by atoms with E-state index in [1.165, 1.54) is 16.8 Å². The summed E-state index contributed by atoms with van der Waals surface area (Å²) in [4.78, 5) is 4.39. The number of aryl methyl sites for hydroxylation is 1. The van der Waals surface area contributed by atoms with E-state index in [9.17, 15) is 0 Å². The van der Waals surface area contributed by atoms with Crippen molar-refractivity contribution in [3.8, 4) is 0 Å². The molecule has 1 unspecified atom stereocenters. The van der Waals surface area contributed by atoms with Gasteiger partial charge in [-0.1, -0.05) is 0 Å². The van der Waals surface area contributed by atoms with Gasteiger partial charge in [-0.3, -0.25) is 4.98 Å². The predicted molar refractivity (Wildman–Crippen MR) is 49.1 cm³/mol. The fraction of sp³-hybridized carbons (Fsp3) is 0.500. The fourth-order valence-electron chi connectivity index (χ4n) is 1.93. The molecular formula is C10H14N2. The summed E-state index contributed by atoms with van der Waals surface area (Å²) in [6.07, 6.45) is 2.98. The molecule has 0 saturated carbocycles. The van der Waals surface area contributed by atoms with Gasteiger partial charge in [-0.15, -0.1) is 0 Å². The van der Waals surface area contributed by atoms with Gasteiger partial charge < -0.3 is 5.32 Å². The zero-order valence-electron chi connectivity index (χ0n) is 7.59. The number of aromatic nitrogens is 1. The summed E-state index contributed by atoms with van der Waals surface area (Å²) in [5.41, 5.74) is 4.05. The second-order valence-electron chi connectivity index (χ2n) is 3.41. The molecule has 1 aromatic rings. The summed E-state index contributed by atoms with van der Waals surface area (Å²) in [5, 5.41) is 3.44. The quantitative estimate of drug-likeness (QED) is 0.626. The third kappa shape index (κ3) is 1.12. The minimum absolute atomic E-state index is 0.474. The van der Waals surface area contributed by atoms with Gasteiger partial charge in [-0.05, 0) is 31.0 Å². The normalized spacial score (nSPS) is 22.0. The van der Waals surface area contributed by atoms with Gasteiger partial charge in [-0.2, -0.15) is 0 Å². The van der Waals surface area contributed by atoms with Gasteiger partial charge in [0.2, 0.25) is 0 Å². The van der Waals surface area contributed by atoms with Crippen LogP contribution in [0.1, 0.15) is 29.8 Å². The van der Waals surface area contributed by atoms with Crippen molar-refractivity contribution in [1.29, 1.82) is 0 Å². The Hall–Kier alpha value is -0.890. The van der Waals surface area contributed by atoms with Crippen molar-refractivity contribution in [3.63, 3.8) is 0 Å². The molecule has 0 spiro atoms. The van der Waals surface area contributed by atoms with E-state index < -0.39 is 0 Å². The molecule has 2 heteroatoms. The third-order valence-electron chi connectivity index (χ3n) is 2.54.